The molecule has 0 unspecified atom stereocenters. The van der Waals surface area contributed by atoms with Crippen LogP contribution in [0.15, 0.2) is 22.2 Å². The third-order valence-electron chi connectivity index (χ3n) is 2.97. The van der Waals surface area contributed by atoms with Crippen LogP contribution in [0, 0.1) is 0 Å². The minimum Gasteiger partial charge on any atom is -0.412 e. The molecule has 4 atom stereocenters. The fourth-order valence-corrected chi connectivity index (χ4v) is 1.93. The molecule has 0 amide bonds. The quantitative estimate of drug-likeness (QED) is 0.262. The molecule has 0 aromatic carbocycles. The summed E-state index contributed by atoms with van der Waals surface area (Å²) in [4.78, 5) is 17.6. The SMILES string of the molecule is O.[N-]=[N+]=N[C@]1(CO)O[C@H](n2ccc(N)nc2=O)[C@H](O)[C@@H]1O. The van der Waals surface area contributed by atoms with Gasteiger partial charge in [-0.2, -0.15) is 4.98 Å². The second-order valence-corrected chi connectivity index (χ2v) is 4.18. The highest BCUT2D eigenvalue weighted by Gasteiger charge is 2.54. The Morgan fingerprint density at radius 2 is 2.29 bits per heavy atom. The first-order chi connectivity index (χ1) is 9.45. The first-order valence-corrected chi connectivity index (χ1v) is 5.51. The van der Waals surface area contributed by atoms with Gasteiger partial charge in [0.25, 0.3) is 0 Å². The molecule has 0 spiro atoms. The van der Waals surface area contributed by atoms with Crippen molar-refractivity contribution in [3.8, 4) is 0 Å². The molecule has 2 heterocycles. The standard InChI is InChI=1S/C9H12N6O5.H2O/c10-4-1-2-15(8(19)12-4)7-5(17)6(18)9(3-16,20-7)13-14-11;/h1-2,5-7,16-18H,3H2,(H2,10,12,19);1H2/t5-,6+,7+,9-;/m1./s1. The Hall–Kier alpha value is -2.21. The molecule has 12 heteroatoms. The van der Waals surface area contributed by atoms with Crippen LogP contribution in [-0.2, 0) is 4.74 Å². The van der Waals surface area contributed by atoms with E-state index in [9.17, 15) is 20.1 Å². The van der Waals surface area contributed by atoms with E-state index in [1.165, 1.54) is 12.3 Å². The molecule has 1 aliphatic heterocycles. The van der Waals surface area contributed by atoms with Gasteiger partial charge in [-0.3, -0.25) is 4.57 Å². The second-order valence-electron chi connectivity index (χ2n) is 4.18. The summed E-state index contributed by atoms with van der Waals surface area (Å²) in [6.07, 6.45) is -3.48. The predicted molar refractivity (Wildman–Crippen MR) is 67.6 cm³/mol. The number of nitrogens with zero attached hydrogens (tertiary/aromatic N) is 5. The van der Waals surface area contributed by atoms with Crippen LogP contribution >= 0.6 is 0 Å². The Morgan fingerprint density at radius 1 is 1.62 bits per heavy atom. The van der Waals surface area contributed by atoms with Crippen molar-refractivity contribution in [2.75, 3.05) is 12.3 Å². The van der Waals surface area contributed by atoms with E-state index in [0.29, 0.717) is 0 Å². The molecule has 1 fully saturated rings. The lowest BCUT2D eigenvalue weighted by molar-refractivity contribution is -0.125. The Morgan fingerprint density at radius 3 is 2.81 bits per heavy atom. The summed E-state index contributed by atoms with van der Waals surface area (Å²) in [6, 6.07) is 1.29. The summed E-state index contributed by atoms with van der Waals surface area (Å²) in [5.41, 5.74) is 10.9. The minimum absolute atomic E-state index is 0. The van der Waals surface area contributed by atoms with Gasteiger partial charge in [-0.25, -0.2) is 4.79 Å². The maximum Gasteiger partial charge on any atom is 0.351 e. The van der Waals surface area contributed by atoms with Crippen LogP contribution in [0.3, 0.4) is 0 Å². The number of anilines is 1. The average molecular weight is 302 g/mol. The highest BCUT2D eigenvalue weighted by Crippen LogP contribution is 2.37. The average Bonchev–Trinajstić information content (AvgIpc) is 2.65. The van der Waals surface area contributed by atoms with Gasteiger partial charge in [0, 0.05) is 11.1 Å². The summed E-state index contributed by atoms with van der Waals surface area (Å²) in [5, 5.41) is 32.2. The van der Waals surface area contributed by atoms with Gasteiger partial charge in [0.15, 0.2) is 6.23 Å². The topological polar surface area (TPSA) is 211 Å². The van der Waals surface area contributed by atoms with Crippen LogP contribution in [0.1, 0.15) is 6.23 Å². The van der Waals surface area contributed by atoms with Gasteiger partial charge >= 0.3 is 5.69 Å². The molecule has 21 heavy (non-hydrogen) atoms. The van der Waals surface area contributed by atoms with Crippen molar-refractivity contribution >= 4 is 5.82 Å². The van der Waals surface area contributed by atoms with Crippen LogP contribution in [0.2, 0.25) is 0 Å². The first-order valence-electron chi connectivity index (χ1n) is 5.51. The van der Waals surface area contributed by atoms with E-state index in [0.717, 1.165) is 4.57 Å². The normalized spacial score (nSPS) is 31.3. The van der Waals surface area contributed by atoms with Crippen LogP contribution in [0.5, 0.6) is 0 Å². The molecule has 2 rings (SSSR count). The number of aliphatic hydroxyl groups excluding tert-OH is 3. The lowest BCUT2D eigenvalue weighted by Crippen LogP contribution is -2.44. The van der Waals surface area contributed by atoms with Crippen LogP contribution in [0.25, 0.3) is 10.4 Å². The molecule has 0 aliphatic carbocycles. The number of aromatic nitrogens is 2. The van der Waals surface area contributed by atoms with Gasteiger partial charge in [0.1, 0.15) is 18.0 Å². The summed E-state index contributed by atoms with van der Waals surface area (Å²) in [6.45, 7) is -0.872. The Bertz CT molecular complexity index is 615. The summed E-state index contributed by atoms with van der Waals surface area (Å²) >= 11 is 0. The number of rotatable bonds is 3. The van der Waals surface area contributed by atoms with Crippen molar-refractivity contribution in [2.24, 2.45) is 5.11 Å². The van der Waals surface area contributed by atoms with Crippen molar-refractivity contribution in [1.29, 1.82) is 0 Å². The molecule has 0 radical (unpaired) electrons. The van der Waals surface area contributed by atoms with Crippen LogP contribution in [0.4, 0.5) is 5.82 Å². The van der Waals surface area contributed by atoms with Gasteiger partial charge in [-0.15, -0.1) is 0 Å². The van der Waals surface area contributed by atoms with Gasteiger partial charge in [-0.1, -0.05) is 5.11 Å². The molecular weight excluding hydrogens is 288 g/mol. The zero-order chi connectivity index (χ0) is 14.9. The Balaban J connectivity index is 0.00000220. The van der Waals surface area contributed by atoms with E-state index in [-0.39, 0.29) is 11.3 Å². The van der Waals surface area contributed by atoms with E-state index in [1.54, 1.807) is 0 Å². The van der Waals surface area contributed by atoms with E-state index >= 15 is 0 Å². The minimum atomic E-state index is -2.07. The summed E-state index contributed by atoms with van der Waals surface area (Å²) < 4.78 is 6.05. The van der Waals surface area contributed by atoms with Gasteiger partial charge in [0.2, 0.25) is 5.72 Å². The molecule has 0 bridgehead atoms. The summed E-state index contributed by atoms with van der Waals surface area (Å²) in [7, 11) is 0. The highest BCUT2D eigenvalue weighted by molar-refractivity contribution is 5.23. The third kappa shape index (κ3) is 2.67. The van der Waals surface area contributed by atoms with Crippen molar-refractivity contribution in [2.45, 2.75) is 24.2 Å². The zero-order valence-electron chi connectivity index (χ0n) is 10.6. The lowest BCUT2D eigenvalue weighted by atomic mass is 10.1. The maximum atomic E-state index is 11.7. The van der Waals surface area contributed by atoms with E-state index < -0.39 is 36.5 Å². The molecule has 1 aromatic rings. The monoisotopic (exact) mass is 302 g/mol. The first kappa shape index (κ1) is 16.8. The predicted octanol–water partition coefficient (Wildman–Crippen LogP) is -2.75. The fourth-order valence-electron chi connectivity index (χ4n) is 1.93. The number of hydrogen-bond donors (Lipinski definition) is 4. The molecule has 12 nitrogen and oxygen atoms in total. The van der Waals surface area contributed by atoms with Crippen LogP contribution < -0.4 is 11.4 Å². The molecule has 1 saturated heterocycles. The Labute approximate surface area is 117 Å². The maximum absolute atomic E-state index is 11.7. The molecule has 116 valence electrons. The van der Waals surface area contributed by atoms with Gasteiger partial charge in [-0.05, 0) is 11.6 Å². The van der Waals surface area contributed by atoms with Gasteiger partial charge < -0.3 is 31.3 Å². The molecule has 0 saturated carbocycles. The van der Waals surface area contributed by atoms with Crippen molar-refractivity contribution < 1.29 is 25.5 Å². The number of aliphatic hydroxyl groups is 3. The smallest absolute Gasteiger partial charge is 0.351 e. The molecular formula is C9H14N6O6. The summed E-state index contributed by atoms with van der Waals surface area (Å²) in [5.74, 6) is -0.0252. The number of ether oxygens (including phenoxy) is 1. The van der Waals surface area contributed by atoms with Crippen molar-refractivity contribution in [3.63, 3.8) is 0 Å². The lowest BCUT2D eigenvalue weighted by Gasteiger charge is -2.23. The number of hydrogen-bond acceptors (Lipinski definition) is 8. The zero-order valence-corrected chi connectivity index (χ0v) is 10.6. The number of azide groups is 1. The van der Waals surface area contributed by atoms with Crippen LogP contribution in [-0.4, -0.2) is 54.9 Å². The number of nitrogens with two attached hydrogens (primary N) is 1. The Kier molecular flexibility index (Phi) is 4.85. The fraction of sp³-hybridized carbons (Fsp3) is 0.556. The van der Waals surface area contributed by atoms with E-state index in [4.69, 9.17) is 16.0 Å². The molecule has 7 N–H and O–H groups in total. The second kappa shape index (κ2) is 6.05. The number of nitrogen functional groups attached to an aromatic ring is 1. The van der Waals surface area contributed by atoms with E-state index in [2.05, 4.69) is 15.0 Å². The largest absolute Gasteiger partial charge is 0.412 e. The van der Waals surface area contributed by atoms with Crippen molar-refractivity contribution in [1.82, 2.24) is 9.55 Å². The van der Waals surface area contributed by atoms with E-state index in [1.807, 2.05) is 0 Å². The van der Waals surface area contributed by atoms with Crippen molar-refractivity contribution in [3.05, 3.63) is 33.2 Å². The van der Waals surface area contributed by atoms with Gasteiger partial charge in [0.05, 0.1) is 6.61 Å². The highest BCUT2D eigenvalue weighted by atomic mass is 16.6. The molecule has 1 aromatic heterocycles. The third-order valence-corrected chi connectivity index (χ3v) is 2.97. The molecule has 1 aliphatic rings.